The smallest absolute Gasteiger partial charge is 0.240 e. The zero-order valence-corrected chi connectivity index (χ0v) is 5.35. The van der Waals surface area contributed by atoms with Crippen LogP contribution in [0.4, 0.5) is 0 Å². The largest absolute Gasteiger partial charge is 0.366 e. The Kier molecular flexibility index (Phi) is 12.1. The molecule has 3 nitrogen and oxygen atoms in total. The van der Waals surface area contributed by atoms with E-state index in [1.54, 1.807) is 0 Å². The maximum atomic E-state index is 9.47. The van der Waals surface area contributed by atoms with E-state index < -0.39 is 5.91 Å². The average molecular weight is 117 g/mol. The Labute approximate surface area is 49.6 Å². The van der Waals surface area contributed by atoms with E-state index in [0.717, 1.165) is 6.08 Å². The third-order valence-electron chi connectivity index (χ3n) is 0.201. The minimum atomic E-state index is -0.481. The lowest BCUT2D eigenvalue weighted by Crippen LogP contribution is -2.74. The van der Waals surface area contributed by atoms with Crippen LogP contribution in [0.2, 0.25) is 0 Å². The number of hydrogen-bond donors (Lipinski definition) is 2. The molecule has 0 saturated carbocycles. The van der Waals surface area contributed by atoms with Crippen LogP contribution in [0.5, 0.6) is 0 Å². The summed E-state index contributed by atoms with van der Waals surface area (Å²) in [5.41, 5.74) is 4.53. The van der Waals surface area contributed by atoms with Crippen molar-refractivity contribution in [2.24, 2.45) is 5.73 Å². The van der Waals surface area contributed by atoms with E-state index in [2.05, 4.69) is 12.3 Å². The predicted molar refractivity (Wildman–Crippen MR) is 33.2 cm³/mol. The summed E-state index contributed by atoms with van der Waals surface area (Å²) in [6.45, 7) is 3.09. The number of amides is 1. The molecule has 48 valence electrons. The number of carbonyl (C=O) groups is 1. The fourth-order valence-electron chi connectivity index (χ4n) is 0. The van der Waals surface area contributed by atoms with E-state index in [1.807, 2.05) is 19.4 Å². The molecule has 0 spiro atoms. The van der Waals surface area contributed by atoms with Gasteiger partial charge in [0.25, 0.3) is 0 Å². The van der Waals surface area contributed by atoms with Crippen molar-refractivity contribution >= 4 is 5.91 Å². The van der Waals surface area contributed by atoms with Gasteiger partial charge < -0.3 is 11.1 Å². The van der Waals surface area contributed by atoms with E-state index in [4.69, 9.17) is 0 Å². The first-order chi connectivity index (χ1) is 3.68. The number of primary amides is 1. The molecule has 0 radical (unpaired) electrons. The van der Waals surface area contributed by atoms with Crippen molar-refractivity contribution in [2.75, 3.05) is 14.1 Å². The number of rotatable bonds is 1. The van der Waals surface area contributed by atoms with Crippen LogP contribution in [0.3, 0.4) is 0 Å². The van der Waals surface area contributed by atoms with E-state index in [-0.39, 0.29) is 0 Å². The summed E-state index contributed by atoms with van der Waals surface area (Å²) in [5.74, 6) is -0.481. The molecule has 0 bridgehead atoms. The molecule has 0 aliphatic heterocycles. The van der Waals surface area contributed by atoms with Crippen LogP contribution in [0.15, 0.2) is 12.7 Å². The van der Waals surface area contributed by atoms with E-state index >= 15 is 0 Å². The predicted octanol–water partition coefficient (Wildman–Crippen LogP) is -1.53. The second kappa shape index (κ2) is 9.48. The molecule has 3 heteroatoms. The normalized spacial score (nSPS) is 6.25. The lowest BCUT2D eigenvalue weighted by molar-refractivity contribution is -0.597. The van der Waals surface area contributed by atoms with Gasteiger partial charge in [0.05, 0.1) is 14.1 Å². The van der Waals surface area contributed by atoms with Crippen molar-refractivity contribution in [1.29, 1.82) is 0 Å². The van der Waals surface area contributed by atoms with Crippen molar-refractivity contribution in [3.05, 3.63) is 12.7 Å². The molecule has 0 aliphatic rings. The maximum Gasteiger partial charge on any atom is 0.240 e. The van der Waals surface area contributed by atoms with Gasteiger partial charge in [-0.05, 0) is 6.08 Å². The summed E-state index contributed by atoms with van der Waals surface area (Å²) < 4.78 is 0. The van der Waals surface area contributed by atoms with Gasteiger partial charge in [0.2, 0.25) is 5.91 Å². The second-order valence-electron chi connectivity index (χ2n) is 1.18. The van der Waals surface area contributed by atoms with Gasteiger partial charge in [-0.2, -0.15) is 0 Å². The number of quaternary nitrogens is 1. The summed E-state index contributed by atoms with van der Waals surface area (Å²) in [4.78, 5) is 9.47. The van der Waals surface area contributed by atoms with Crippen LogP contribution in [0.1, 0.15) is 0 Å². The highest BCUT2D eigenvalue weighted by Crippen LogP contribution is 1.48. The van der Waals surface area contributed by atoms with Gasteiger partial charge in [-0.1, -0.05) is 6.58 Å². The Hall–Kier alpha value is -0.830. The molecule has 0 aromatic heterocycles. The van der Waals surface area contributed by atoms with Gasteiger partial charge in [0.15, 0.2) is 0 Å². The van der Waals surface area contributed by atoms with Crippen LogP contribution in [-0.2, 0) is 4.79 Å². The highest BCUT2D eigenvalue weighted by Gasteiger charge is 1.69. The molecule has 0 saturated heterocycles. The monoisotopic (exact) mass is 117 g/mol. The summed E-state index contributed by atoms with van der Waals surface area (Å²) in [7, 11) is 4.00. The molecule has 0 rings (SSSR count). The Bertz CT molecular complexity index is 70.8. The quantitative estimate of drug-likeness (QED) is 0.402. The minimum Gasteiger partial charge on any atom is -0.366 e. The Balaban J connectivity index is 0. The zero-order chi connectivity index (χ0) is 6.99. The van der Waals surface area contributed by atoms with Gasteiger partial charge >= 0.3 is 0 Å². The molecule has 0 aromatic carbocycles. The van der Waals surface area contributed by atoms with E-state index in [9.17, 15) is 4.79 Å². The highest BCUT2D eigenvalue weighted by atomic mass is 16.1. The van der Waals surface area contributed by atoms with Crippen LogP contribution < -0.4 is 11.1 Å². The molecule has 0 unspecified atom stereocenters. The fraction of sp³-hybridized carbons (Fsp3) is 0.400. The van der Waals surface area contributed by atoms with Crippen LogP contribution >= 0.6 is 0 Å². The van der Waals surface area contributed by atoms with Gasteiger partial charge in [0.1, 0.15) is 0 Å². The molecular formula is C5H13N2O+. The third kappa shape index (κ3) is 65.7. The van der Waals surface area contributed by atoms with Crippen molar-refractivity contribution in [3.8, 4) is 0 Å². The van der Waals surface area contributed by atoms with E-state index in [0.29, 0.717) is 0 Å². The van der Waals surface area contributed by atoms with Crippen LogP contribution in [-0.4, -0.2) is 20.0 Å². The fourth-order valence-corrected chi connectivity index (χ4v) is 0. The summed E-state index contributed by atoms with van der Waals surface area (Å²) >= 11 is 0. The highest BCUT2D eigenvalue weighted by molar-refractivity contribution is 5.84. The number of carbonyl (C=O) groups excluding carboxylic acids is 1. The molecular weight excluding hydrogens is 104 g/mol. The van der Waals surface area contributed by atoms with Crippen LogP contribution in [0.25, 0.3) is 0 Å². The molecule has 8 heavy (non-hydrogen) atoms. The lowest BCUT2D eigenvalue weighted by atomic mass is 10.6. The summed E-state index contributed by atoms with van der Waals surface area (Å²) in [6.07, 6.45) is 1.06. The SMILES string of the molecule is C=CC(N)=O.C[NH2+]C. The minimum absolute atomic E-state index is 0.481. The third-order valence-corrected chi connectivity index (χ3v) is 0.201. The van der Waals surface area contributed by atoms with E-state index in [1.165, 1.54) is 0 Å². The first kappa shape index (κ1) is 10.2. The van der Waals surface area contributed by atoms with Crippen LogP contribution in [0, 0.1) is 0 Å². The molecule has 0 aromatic rings. The molecule has 0 fully saturated rings. The van der Waals surface area contributed by atoms with Crippen molar-refractivity contribution in [1.82, 2.24) is 0 Å². The van der Waals surface area contributed by atoms with Gasteiger partial charge in [-0.3, -0.25) is 4.79 Å². The van der Waals surface area contributed by atoms with Crippen molar-refractivity contribution in [2.45, 2.75) is 0 Å². The first-order valence-corrected chi connectivity index (χ1v) is 2.34. The number of nitrogens with two attached hydrogens (primary N) is 2. The molecule has 4 N–H and O–H groups in total. The lowest BCUT2D eigenvalue weighted by Gasteiger charge is -1.65. The van der Waals surface area contributed by atoms with Crippen molar-refractivity contribution < 1.29 is 10.1 Å². The summed E-state index contributed by atoms with van der Waals surface area (Å²) in [6, 6.07) is 0. The zero-order valence-electron chi connectivity index (χ0n) is 5.35. The summed E-state index contributed by atoms with van der Waals surface area (Å²) in [5, 5.41) is 2.00. The first-order valence-electron chi connectivity index (χ1n) is 2.34. The molecule has 1 amide bonds. The van der Waals surface area contributed by atoms with Gasteiger partial charge in [-0.15, -0.1) is 0 Å². The Morgan fingerprint density at radius 3 is 1.88 bits per heavy atom. The Morgan fingerprint density at radius 1 is 1.75 bits per heavy atom. The standard InChI is InChI=1S/C3H5NO.C2H7N/c1-2-3(4)5;1-3-2/h2H,1H2,(H2,4,5);3H,1-2H3/p+1. The average Bonchev–Trinajstić information content (AvgIpc) is 1.69. The van der Waals surface area contributed by atoms with Gasteiger partial charge in [-0.25, -0.2) is 0 Å². The van der Waals surface area contributed by atoms with Gasteiger partial charge in [0, 0.05) is 0 Å². The maximum absolute atomic E-state index is 9.47. The molecule has 0 heterocycles. The topological polar surface area (TPSA) is 59.7 Å². The van der Waals surface area contributed by atoms with Crippen molar-refractivity contribution in [3.63, 3.8) is 0 Å². The second-order valence-corrected chi connectivity index (χ2v) is 1.18. The molecule has 0 aliphatic carbocycles. The molecule has 0 atom stereocenters. The number of hydrogen-bond acceptors (Lipinski definition) is 1. The Morgan fingerprint density at radius 2 is 1.88 bits per heavy atom.